The molecular formula is C28H31NO8. The van der Waals surface area contributed by atoms with Gasteiger partial charge in [-0.2, -0.15) is 0 Å². The van der Waals surface area contributed by atoms with E-state index in [-0.39, 0.29) is 30.6 Å². The predicted molar refractivity (Wildman–Crippen MR) is 134 cm³/mol. The molecule has 2 aromatic rings. The van der Waals surface area contributed by atoms with E-state index >= 15 is 0 Å². The Balaban J connectivity index is 1.57. The molecule has 0 bridgehead atoms. The Labute approximate surface area is 215 Å². The number of ketones is 2. The monoisotopic (exact) mass is 509 g/mol. The van der Waals surface area contributed by atoms with Gasteiger partial charge in [0.1, 0.15) is 11.6 Å². The smallest absolute Gasteiger partial charge is 0.411 e. The molecule has 2 aromatic carbocycles. The van der Waals surface area contributed by atoms with Crippen molar-refractivity contribution >= 4 is 30.1 Å². The molecular weight excluding hydrogens is 478 g/mol. The summed E-state index contributed by atoms with van der Waals surface area (Å²) in [5.74, 6) is -1.21. The minimum atomic E-state index is -0.792. The third kappa shape index (κ3) is 7.49. The molecule has 1 amide bonds. The largest absolute Gasteiger partial charge is 0.459 e. The average Bonchev–Trinajstić information content (AvgIpc) is 3.27. The highest BCUT2D eigenvalue weighted by molar-refractivity contribution is 5.99. The molecule has 3 rings (SSSR count). The molecule has 1 heterocycles. The fraction of sp³-hybridized carbons (Fsp3) is 0.393. The van der Waals surface area contributed by atoms with Crippen molar-refractivity contribution < 1.29 is 38.2 Å². The predicted octanol–water partition coefficient (Wildman–Crippen LogP) is 4.08. The van der Waals surface area contributed by atoms with Crippen molar-refractivity contribution in [1.82, 2.24) is 4.90 Å². The number of Topliss-reactive ketones (excluding diaryl/α,β-unsaturated/α-hetero) is 2. The molecule has 1 aliphatic rings. The van der Waals surface area contributed by atoms with Crippen LogP contribution in [0.5, 0.6) is 0 Å². The van der Waals surface area contributed by atoms with Gasteiger partial charge >= 0.3 is 12.1 Å². The standard InChI is InChI=1S/C28H31NO8/c1-18-13-23(29(14-18)27(34)37-28(2,3)4)26(33)36-16-25(32)22-11-7-20(8-12-22)19-5-9-21(10-6-19)24(31)15-35-17-30/h5-12,17-18,23H,13-16H2,1-4H3. The number of hydrogen-bond acceptors (Lipinski definition) is 8. The molecule has 37 heavy (non-hydrogen) atoms. The normalized spacial score (nSPS) is 17.1. The number of esters is 1. The summed E-state index contributed by atoms with van der Waals surface area (Å²) in [5, 5.41) is 0. The van der Waals surface area contributed by atoms with Crippen molar-refractivity contribution in [2.45, 2.75) is 45.8 Å². The summed E-state index contributed by atoms with van der Waals surface area (Å²) >= 11 is 0. The molecule has 1 saturated heterocycles. The minimum absolute atomic E-state index is 0.102. The van der Waals surface area contributed by atoms with E-state index in [0.29, 0.717) is 24.1 Å². The van der Waals surface area contributed by atoms with Gasteiger partial charge in [-0.3, -0.25) is 19.3 Å². The van der Waals surface area contributed by atoms with Crippen LogP contribution < -0.4 is 0 Å². The first kappa shape index (κ1) is 27.6. The third-order valence-corrected chi connectivity index (χ3v) is 5.79. The van der Waals surface area contributed by atoms with E-state index in [9.17, 15) is 24.0 Å². The lowest BCUT2D eigenvalue weighted by Gasteiger charge is -2.27. The molecule has 9 nitrogen and oxygen atoms in total. The van der Waals surface area contributed by atoms with Crippen molar-refractivity contribution in [3.63, 3.8) is 0 Å². The molecule has 1 aliphatic heterocycles. The molecule has 9 heteroatoms. The second-order valence-corrected chi connectivity index (χ2v) is 10.0. The van der Waals surface area contributed by atoms with Gasteiger partial charge in [-0.15, -0.1) is 0 Å². The van der Waals surface area contributed by atoms with Crippen LogP contribution in [0.2, 0.25) is 0 Å². The summed E-state index contributed by atoms with van der Waals surface area (Å²) in [6.45, 7) is 7.05. The van der Waals surface area contributed by atoms with E-state index in [4.69, 9.17) is 9.47 Å². The third-order valence-electron chi connectivity index (χ3n) is 5.79. The summed E-state index contributed by atoms with van der Waals surface area (Å²) < 4.78 is 15.2. The molecule has 2 unspecified atom stereocenters. The zero-order valence-corrected chi connectivity index (χ0v) is 21.4. The van der Waals surface area contributed by atoms with Crippen molar-refractivity contribution in [3.05, 3.63) is 59.7 Å². The van der Waals surface area contributed by atoms with E-state index in [1.807, 2.05) is 6.92 Å². The maximum atomic E-state index is 12.7. The van der Waals surface area contributed by atoms with E-state index in [2.05, 4.69) is 4.74 Å². The lowest BCUT2D eigenvalue weighted by atomic mass is 10.0. The number of carbonyl (C=O) groups excluding carboxylic acids is 5. The first-order valence-corrected chi connectivity index (χ1v) is 12.0. The maximum Gasteiger partial charge on any atom is 0.411 e. The van der Waals surface area contributed by atoms with Gasteiger partial charge in [-0.1, -0.05) is 55.5 Å². The number of ether oxygens (including phenoxy) is 3. The summed E-state index contributed by atoms with van der Waals surface area (Å²) in [6, 6.07) is 12.8. The molecule has 0 aliphatic carbocycles. The van der Waals surface area contributed by atoms with Gasteiger partial charge in [0.2, 0.25) is 0 Å². The van der Waals surface area contributed by atoms with Crippen LogP contribution in [0.3, 0.4) is 0 Å². The van der Waals surface area contributed by atoms with Gasteiger partial charge in [-0.25, -0.2) is 9.59 Å². The fourth-order valence-corrected chi connectivity index (χ4v) is 4.00. The highest BCUT2D eigenvalue weighted by Crippen LogP contribution is 2.26. The molecule has 0 saturated carbocycles. The van der Waals surface area contributed by atoms with Gasteiger partial charge in [-0.05, 0) is 44.2 Å². The van der Waals surface area contributed by atoms with Crippen LogP contribution in [0, 0.1) is 5.92 Å². The number of carbonyl (C=O) groups is 5. The summed E-state index contributed by atoms with van der Waals surface area (Å²) in [7, 11) is 0. The van der Waals surface area contributed by atoms with Crippen LogP contribution in [-0.4, -0.2) is 66.4 Å². The van der Waals surface area contributed by atoms with E-state index in [0.717, 1.165) is 11.1 Å². The summed E-state index contributed by atoms with van der Waals surface area (Å²) in [5.41, 5.74) is 1.75. The van der Waals surface area contributed by atoms with E-state index < -0.39 is 30.3 Å². The Bertz CT molecular complexity index is 1150. The van der Waals surface area contributed by atoms with Crippen LogP contribution in [0.4, 0.5) is 4.79 Å². The zero-order valence-electron chi connectivity index (χ0n) is 21.4. The number of likely N-dealkylation sites (tertiary alicyclic amines) is 1. The van der Waals surface area contributed by atoms with Gasteiger partial charge in [0.25, 0.3) is 6.47 Å². The lowest BCUT2D eigenvalue weighted by Crippen LogP contribution is -2.44. The molecule has 0 spiro atoms. The van der Waals surface area contributed by atoms with Crippen LogP contribution in [0.1, 0.15) is 54.8 Å². The second-order valence-electron chi connectivity index (χ2n) is 10.0. The number of nitrogens with zero attached hydrogens (tertiary/aromatic N) is 1. The van der Waals surface area contributed by atoms with Crippen molar-refractivity contribution in [1.29, 1.82) is 0 Å². The topological polar surface area (TPSA) is 116 Å². The van der Waals surface area contributed by atoms with Crippen molar-refractivity contribution in [2.24, 2.45) is 5.92 Å². The Kier molecular flexibility index (Phi) is 8.81. The average molecular weight is 510 g/mol. The first-order valence-electron chi connectivity index (χ1n) is 12.0. The second kappa shape index (κ2) is 11.8. The zero-order chi connectivity index (χ0) is 27.2. The maximum absolute atomic E-state index is 12.7. The quantitative estimate of drug-likeness (QED) is 0.215. The highest BCUT2D eigenvalue weighted by atomic mass is 16.6. The van der Waals surface area contributed by atoms with Gasteiger partial charge in [0, 0.05) is 17.7 Å². The van der Waals surface area contributed by atoms with Crippen LogP contribution in [-0.2, 0) is 23.8 Å². The summed E-state index contributed by atoms with van der Waals surface area (Å²) in [4.78, 5) is 61.4. The van der Waals surface area contributed by atoms with Crippen LogP contribution in [0.25, 0.3) is 11.1 Å². The highest BCUT2D eigenvalue weighted by Gasteiger charge is 2.41. The Hall–Kier alpha value is -4.01. The summed E-state index contributed by atoms with van der Waals surface area (Å²) in [6.07, 6.45) is -0.137. The van der Waals surface area contributed by atoms with E-state index in [1.165, 1.54) is 4.90 Å². The molecule has 2 atom stereocenters. The van der Waals surface area contributed by atoms with Gasteiger partial charge in [0.15, 0.2) is 24.8 Å². The molecule has 0 radical (unpaired) electrons. The number of amides is 1. The minimum Gasteiger partial charge on any atom is -0.459 e. The Morgan fingerprint density at radius 2 is 1.41 bits per heavy atom. The SMILES string of the molecule is CC1CC(C(=O)OCC(=O)c2ccc(-c3ccc(C(=O)COC=O)cc3)cc2)N(C(=O)OC(C)(C)C)C1. The number of benzene rings is 2. The van der Waals surface area contributed by atoms with Crippen LogP contribution in [0.15, 0.2) is 48.5 Å². The lowest BCUT2D eigenvalue weighted by molar-refractivity contribution is -0.147. The Morgan fingerprint density at radius 3 is 1.89 bits per heavy atom. The first-order chi connectivity index (χ1) is 17.5. The van der Waals surface area contributed by atoms with Crippen molar-refractivity contribution in [2.75, 3.05) is 19.8 Å². The number of rotatable bonds is 9. The van der Waals surface area contributed by atoms with E-state index in [1.54, 1.807) is 69.3 Å². The van der Waals surface area contributed by atoms with Crippen LogP contribution >= 0.6 is 0 Å². The molecule has 196 valence electrons. The van der Waals surface area contributed by atoms with Gasteiger partial charge in [0.05, 0.1) is 0 Å². The van der Waals surface area contributed by atoms with Crippen molar-refractivity contribution in [3.8, 4) is 11.1 Å². The fourth-order valence-electron chi connectivity index (χ4n) is 4.00. The molecule has 0 aromatic heterocycles. The number of hydrogen-bond donors (Lipinski definition) is 0. The Morgan fingerprint density at radius 1 is 0.892 bits per heavy atom. The van der Waals surface area contributed by atoms with Gasteiger partial charge < -0.3 is 14.2 Å². The molecule has 1 fully saturated rings. The molecule has 0 N–H and O–H groups in total.